The number of hydrogen-bond acceptors (Lipinski definition) is 3. The van der Waals surface area contributed by atoms with Crippen LogP contribution in [-0.4, -0.2) is 13.7 Å². The zero-order valence-corrected chi connectivity index (χ0v) is 62.1. The number of rotatable bonds is 11. The molecule has 0 fully saturated rings. The highest BCUT2D eigenvalue weighted by atomic mass is 16.3. The zero-order valence-electron chi connectivity index (χ0n) is 62.1. The molecular weight excluding hydrogens is 1390 g/mol. The molecule has 17 aromatic carbocycles. The van der Waals surface area contributed by atoms with Gasteiger partial charge in [0, 0.05) is 82.8 Å². The summed E-state index contributed by atoms with van der Waals surface area (Å²) in [5, 5.41) is 10.4. The second kappa shape index (κ2) is 28.6. The minimum absolute atomic E-state index is 0.900. The Labute approximate surface area is 658 Å². The predicted molar refractivity (Wildman–Crippen MR) is 475 cm³/mol. The maximum Gasteiger partial charge on any atom is 0.145 e. The van der Waals surface area contributed by atoms with Gasteiger partial charge in [-0.3, -0.25) is 0 Å². The second-order valence-corrected chi connectivity index (χ2v) is 28.8. The third-order valence-electron chi connectivity index (χ3n) is 22.2. The Morgan fingerprint density at radius 2 is 0.395 bits per heavy atom. The summed E-state index contributed by atoms with van der Waals surface area (Å²) in [5.74, 6) is 2.71. The van der Waals surface area contributed by atoms with Crippen LogP contribution in [0.15, 0.2) is 444 Å². The third-order valence-corrected chi connectivity index (χ3v) is 22.2. The fraction of sp³-hybridized carbons (Fsp3) is 0. The van der Waals surface area contributed by atoms with Crippen molar-refractivity contribution in [3.8, 4) is 107 Å². The highest BCUT2D eigenvalue weighted by Crippen LogP contribution is 2.50. The molecule has 6 heterocycles. The lowest BCUT2D eigenvalue weighted by atomic mass is 9.98. The van der Waals surface area contributed by atoms with E-state index in [1.54, 1.807) is 0 Å². The monoisotopic (exact) mass is 1460 g/mol. The van der Waals surface area contributed by atoms with Gasteiger partial charge in [0.05, 0.1) is 49.3 Å². The minimum Gasteiger partial charge on any atom is -0.455 e. The van der Waals surface area contributed by atoms with Crippen LogP contribution in [0.1, 0.15) is 0 Å². The average Bonchev–Trinajstić information content (AvgIpc) is 1.57. The molecule has 114 heavy (non-hydrogen) atoms. The molecule has 23 rings (SSSR count). The predicted octanol–water partition coefficient (Wildman–Crippen LogP) is 29.9. The molecule has 0 amide bonds. The van der Waals surface area contributed by atoms with Crippen molar-refractivity contribution in [3.05, 3.63) is 431 Å². The fourth-order valence-corrected chi connectivity index (χ4v) is 17.2. The van der Waals surface area contributed by atoms with Gasteiger partial charge in [-0.1, -0.05) is 340 Å². The van der Waals surface area contributed by atoms with Crippen molar-refractivity contribution in [3.63, 3.8) is 0 Å². The summed E-state index contributed by atoms with van der Waals surface area (Å²) < 4.78 is 27.6. The lowest BCUT2D eigenvalue weighted by Crippen LogP contribution is -1.94. The van der Waals surface area contributed by atoms with Gasteiger partial charge in [-0.05, 0) is 130 Å². The first kappa shape index (κ1) is 66.9. The number of fused-ring (bicyclic) bond motifs is 15. The van der Waals surface area contributed by atoms with E-state index in [9.17, 15) is 0 Å². The molecule has 0 aliphatic rings. The average molecular weight is 1460 g/mol. The van der Waals surface area contributed by atoms with Crippen molar-refractivity contribution in [1.29, 1.82) is 0 Å². The van der Waals surface area contributed by atoms with E-state index in [-0.39, 0.29) is 0 Å². The summed E-state index contributed by atoms with van der Waals surface area (Å²) in [4.78, 5) is 0. The van der Waals surface area contributed by atoms with Crippen molar-refractivity contribution in [1.82, 2.24) is 13.7 Å². The van der Waals surface area contributed by atoms with E-state index in [1.807, 2.05) is 18.2 Å². The highest BCUT2D eigenvalue weighted by Gasteiger charge is 2.28. The minimum atomic E-state index is 0.900. The van der Waals surface area contributed by atoms with E-state index < -0.39 is 0 Å². The molecule has 0 saturated carbocycles. The quantitative estimate of drug-likeness (QED) is 0.130. The fourth-order valence-electron chi connectivity index (χ4n) is 17.2. The standard InChI is InChI=1S/2C38H25NO.C32H21NO/c1-4-13-26(14-5-1)29-19-12-20-30(25-29)39-33-22-11-10-21-31(33)36-34(39)24-23-32-35(27-15-6-2-7-16-27)37(40-38(32)36)28-17-8-3-9-18-28;1-4-12-26(13-5-1)27-20-22-30(23-21-27)39-33-19-11-10-18-31(33)36-34(39)25-24-32-35(28-14-6-2-7-15-28)37(40-38(32)36)29-16-8-3-9-17-29;1-4-12-22(13-5-1)29-26-20-21-28-30(32(26)34-31(29)23-14-6-2-7-15-23)25-18-10-11-19-27(25)33(28)24-16-8-3-9-17-24/h2*1-25H;1-21H. The number of nitrogens with zero attached hydrogens (tertiary/aromatic N) is 3. The molecule has 0 unspecified atom stereocenters. The number of para-hydroxylation sites is 4. The molecule has 0 aliphatic heterocycles. The van der Waals surface area contributed by atoms with E-state index in [0.717, 1.165) is 161 Å². The summed E-state index contributed by atoms with van der Waals surface area (Å²) in [7, 11) is 0. The lowest BCUT2D eigenvalue weighted by molar-refractivity contribution is 0.635. The number of hydrogen-bond donors (Lipinski definition) is 0. The Morgan fingerprint density at radius 1 is 0.149 bits per heavy atom. The smallest absolute Gasteiger partial charge is 0.145 e. The molecule has 0 radical (unpaired) electrons. The van der Waals surface area contributed by atoms with Gasteiger partial charge in [0.2, 0.25) is 0 Å². The van der Waals surface area contributed by atoms with Crippen LogP contribution in [-0.2, 0) is 0 Å². The molecular formula is C108H71N3O3. The van der Waals surface area contributed by atoms with Crippen LogP contribution in [0.5, 0.6) is 0 Å². The Balaban J connectivity index is 0.000000108. The lowest BCUT2D eigenvalue weighted by Gasteiger charge is -2.10. The first-order chi connectivity index (χ1) is 56.6. The molecule has 0 N–H and O–H groups in total. The van der Waals surface area contributed by atoms with Crippen molar-refractivity contribution < 1.29 is 13.3 Å². The number of benzene rings is 17. The van der Waals surface area contributed by atoms with Crippen LogP contribution in [0.2, 0.25) is 0 Å². The van der Waals surface area contributed by atoms with Gasteiger partial charge in [-0.15, -0.1) is 0 Å². The van der Waals surface area contributed by atoms with Gasteiger partial charge < -0.3 is 27.0 Å². The van der Waals surface area contributed by atoms with Crippen LogP contribution >= 0.6 is 0 Å². The normalized spacial score (nSPS) is 11.5. The van der Waals surface area contributed by atoms with Crippen molar-refractivity contribution >= 4 is 98.3 Å². The molecule has 6 nitrogen and oxygen atoms in total. The molecule has 0 bridgehead atoms. The van der Waals surface area contributed by atoms with Crippen LogP contribution < -0.4 is 0 Å². The summed E-state index contributed by atoms with van der Waals surface area (Å²) in [5.41, 5.74) is 28.0. The summed E-state index contributed by atoms with van der Waals surface area (Å²) in [6.07, 6.45) is 0. The maximum absolute atomic E-state index is 6.89. The number of aromatic nitrogens is 3. The highest BCUT2D eigenvalue weighted by molar-refractivity contribution is 6.26. The van der Waals surface area contributed by atoms with Gasteiger partial charge in [-0.2, -0.15) is 0 Å². The second-order valence-electron chi connectivity index (χ2n) is 28.8. The summed E-state index contributed by atoms with van der Waals surface area (Å²) >= 11 is 0. The Kier molecular flexibility index (Phi) is 16.8. The first-order valence-electron chi connectivity index (χ1n) is 38.8. The molecule has 23 aromatic rings. The van der Waals surface area contributed by atoms with Crippen LogP contribution in [0.25, 0.3) is 205 Å². The topological polar surface area (TPSA) is 54.2 Å². The largest absolute Gasteiger partial charge is 0.455 e. The van der Waals surface area contributed by atoms with Crippen molar-refractivity contribution in [2.24, 2.45) is 0 Å². The SMILES string of the molecule is c1ccc(-c2ccc(-n3c4ccccc4c4c5oc(-c6ccccc6)c(-c6ccccc6)c5ccc43)cc2)cc1.c1ccc(-c2cccc(-n3c4ccccc4c4c5oc(-c6ccccc6)c(-c6ccccc6)c5ccc43)c2)cc1.c1ccc(-c2oc3c(ccc4c3c3ccccc3n4-c3ccccc3)c2-c2ccccc2)cc1. The van der Waals surface area contributed by atoms with E-state index in [2.05, 4.69) is 426 Å². The number of furan rings is 3. The van der Waals surface area contributed by atoms with Crippen LogP contribution in [0.3, 0.4) is 0 Å². The van der Waals surface area contributed by atoms with E-state index >= 15 is 0 Å². The van der Waals surface area contributed by atoms with Crippen LogP contribution in [0.4, 0.5) is 0 Å². The van der Waals surface area contributed by atoms with Gasteiger partial charge in [0.15, 0.2) is 0 Å². The molecule has 536 valence electrons. The molecule has 0 aliphatic carbocycles. The van der Waals surface area contributed by atoms with Gasteiger partial charge >= 0.3 is 0 Å². The Bertz CT molecular complexity index is 7450. The Morgan fingerprint density at radius 3 is 0.737 bits per heavy atom. The molecule has 6 aromatic heterocycles. The van der Waals surface area contributed by atoms with Gasteiger partial charge in [0.25, 0.3) is 0 Å². The van der Waals surface area contributed by atoms with E-state index in [1.165, 1.54) is 43.9 Å². The molecule has 6 heteroatoms. The van der Waals surface area contributed by atoms with E-state index in [4.69, 9.17) is 13.3 Å². The summed E-state index contributed by atoms with van der Waals surface area (Å²) in [6, 6.07) is 151. The van der Waals surface area contributed by atoms with Gasteiger partial charge in [-0.25, -0.2) is 0 Å². The first-order valence-corrected chi connectivity index (χ1v) is 38.8. The zero-order chi connectivity index (χ0) is 75.4. The maximum atomic E-state index is 6.89. The van der Waals surface area contributed by atoms with Crippen molar-refractivity contribution in [2.45, 2.75) is 0 Å². The Hall–Kier alpha value is -15.2. The van der Waals surface area contributed by atoms with Gasteiger partial charge in [0.1, 0.15) is 34.0 Å². The van der Waals surface area contributed by atoms with Crippen molar-refractivity contribution in [2.75, 3.05) is 0 Å². The van der Waals surface area contributed by atoms with E-state index in [0.29, 0.717) is 0 Å². The molecule has 0 atom stereocenters. The molecule has 0 spiro atoms. The third kappa shape index (κ3) is 11.6. The molecule has 0 saturated heterocycles. The summed E-state index contributed by atoms with van der Waals surface area (Å²) in [6.45, 7) is 0. The van der Waals surface area contributed by atoms with Crippen LogP contribution in [0, 0.1) is 0 Å².